The number of rotatable bonds is 3. The molecule has 1 aliphatic carbocycles. The number of amides is 1. The molecule has 1 amide bonds. The maximum Gasteiger partial charge on any atom is 0.253 e. The standard InChI is InChI=1S/C20H27N3O.ClH/c1-13-5-4-6-18(11-13)23-14(2)12-19(15(23)3)20(24)22-17-9-7-16(21)8-10-17;/h4-6,11-12,16-17H,7-10,21H2,1-3H3,(H,22,24);1H. The summed E-state index contributed by atoms with van der Waals surface area (Å²) in [4.78, 5) is 12.7. The molecular weight excluding hydrogens is 334 g/mol. The molecule has 4 nitrogen and oxygen atoms in total. The molecule has 0 atom stereocenters. The van der Waals surface area contributed by atoms with Crippen molar-refractivity contribution >= 4 is 18.3 Å². The van der Waals surface area contributed by atoms with Gasteiger partial charge >= 0.3 is 0 Å². The highest BCUT2D eigenvalue weighted by Gasteiger charge is 2.23. The third-order valence-corrected chi connectivity index (χ3v) is 5.04. The van der Waals surface area contributed by atoms with Gasteiger partial charge in [-0.2, -0.15) is 0 Å². The number of hydrogen-bond acceptors (Lipinski definition) is 2. The lowest BCUT2D eigenvalue weighted by Gasteiger charge is -2.26. The number of aromatic nitrogens is 1. The van der Waals surface area contributed by atoms with Crippen LogP contribution in [0.15, 0.2) is 30.3 Å². The summed E-state index contributed by atoms with van der Waals surface area (Å²) < 4.78 is 2.15. The minimum Gasteiger partial charge on any atom is -0.349 e. The average molecular weight is 362 g/mol. The van der Waals surface area contributed by atoms with Crippen molar-refractivity contribution in [2.75, 3.05) is 0 Å². The van der Waals surface area contributed by atoms with Gasteiger partial charge in [0.1, 0.15) is 0 Å². The molecule has 0 aliphatic heterocycles. The monoisotopic (exact) mass is 361 g/mol. The lowest BCUT2D eigenvalue weighted by Crippen LogP contribution is -2.40. The summed E-state index contributed by atoms with van der Waals surface area (Å²) in [6, 6.07) is 10.9. The van der Waals surface area contributed by atoms with Crippen LogP contribution in [0.4, 0.5) is 0 Å². The lowest BCUT2D eigenvalue weighted by atomic mass is 9.91. The first-order valence-corrected chi connectivity index (χ1v) is 8.78. The van der Waals surface area contributed by atoms with Gasteiger partial charge in [-0.25, -0.2) is 0 Å². The summed E-state index contributed by atoms with van der Waals surface area (Å²) >= 11 is 0. The lowest BCUT2D eigenvalue weighted by molar-refractivity contribution is 0.0925. The second-order valence-corrected chi connectivity index (χ2v) is 7.04. The maximum absolute atomic E-state index is 12.7. The van der Waals surface area contributed by atoms with E-state index in [1.807, 2.05) is 19.9 Å². The number of halogens is 1. The predicted molar refractivity (Wildman–Crippen MR) is 105 cm³/mol. The number of hydrogen-bond donors (Lipinski definition) is 2. The molecule has 0 unspecified atom stereocenters. The molecule has 25 heavy (non-hydrogen) atoms. The fraction of sp³-hybridized carbons (Fsp3) is 0.450. The zero-order valence-corrected chi connectivity index (χ0v) is 16.0. The van der Waals surface area contributed by atoms with Crippen LogP contribution in [0.3, 0.4) is 0 Å². The third-order valence-electron chi connectivity index (χ3n) is 5.04. The van der Waals surface area contributed by atoms with Crippen LogP contribution in [0.2, 0.25) is 0 Å². The first kappa shape index (κ1) is 19.5. The predicted octanol–water partition coefficient (Wildman–Crippen LogP) is 3.82. The molecule has 3 N–H and O–H groups in total. The Morgan fingerprint density at radius 3 is 2.44 bits per heavy atom. The van der Waals surface area contributed by atoms with E-state index in [-0.39, 0.29) is 24.4 Å². The van der Waals surface area contributed by atoms with Crippen molar-refractivity contribution < 1.29 is 4.79 Å². The number of nitrogens with two attached hydrogens (primary N) is 1. The Hall–Kier alpha value is -1.78. The topological polar surface area (TPSA) is 60.0 Å². The van der Waals surface area contributed by atoms with Gasteiger partial charge in [-0.15, -0.1) is 12.4 Å². The molecule has 1 fully saturated rings. The smallest absolute Gasteiger partial charge is 0.253 e. The number of carbonyl (C=O) groups excluding carboxylic acids is 1. The van der Waals surface area contributed by atoms with E-state index in [0.29, 0.717) is 6.04 Å². The largest absolute Gasteiger partial charge is 0.349 e. The van der Waals surface area contributed by atoms with Crippen LogP contribution in [0.25, 0.3) is 5.69 Å². The Morgan fingerprint density at radius 2 is 1.80 bits per heavy atom. The average Bonchev–Trinajstić information content (AvgIpc) is 2.84. The van der Waals surface area contributed by atoms with E-state index < -0.39 is 0 Å². The molecule has 2 aromatic rings. The van der Waals surface area contributed by atoms with Gasteiger partial charge in [0, 0.05) is 29.2 Å². The number of carbonyl (C=O) groups is 1. The summed E-state index contributed by atoms with van der Waals surface area (Å²) in [6.45, 7) is 6.14. The SMILES string of the molecule is Cc1cccc(-n2c(C)cc(C(=O)NC3CCC(N)CC3)c2C)c1.Cl. The zero-order valence-electron chi connectivity index (χ0n) is 15.2. The molecule has 136 valence electrons. The molecule has 1 aromatic heterocycles. The van der Waals surface area contributed by atoms with Crippen LogP contribution in [-0.4, -0.2) is 22.6 Å². The minimum atomic E-state index is 0. The molecule has 0 spiro atoms. The Labute approximate surface area is 156 Å². The van der Waals surface area contributed by atoms with Crippen molar-refractivity contribution in [3.63, 3.8) is 0 Å². The van der Waals surface area contributed by atoms with Crippen LogP contribution in [0.1, 0.15) is 53.0 Å². The van der Waals surface area contributed by atoms with Gasteiger partial charge in [0.05, 0.1) is 5.56 Å². The fourth-order valence-corrected chi connectivity index (χ4v) is 3.68. The highest BCUT2D eigenvalue weighted by Crippen LogP contribution is 2.23. The summed E-state index contributed by atoms with van der Waals surface area (Å²) in [6.07, 6.45) is 3.94. The van der Waals surface area contributed by atoms with Gasteiger partial charge in [0.2, 0.25) is 0 Å². The van der Waals surface area contributed by atoms with Gasteiger partial charge in [-0.3, -0.25) is 4.79 Å². The number of aryl methyl sites for hydroxylation is 2. The molecule has 0 radical (unpaired) electrons. The summed E-state index contributed by atoms with van der Waals surface area (Å²) in [5.74, 6) is 0.0301. The highest BCUT2D eigenvalue weighted by atomic mass is 35.5. The van der Waals surface area contributed by atoms with Crippen molar-refractivity contribution in [1.29, 1.82) is 0 Å². The Bertz CT molecular complexity index is 745. The van der Waals surface area contributed by atoms with E-state index in [9.17, 15) is 4.79 Å². The molecule has 0 bridgehead atoms. The fourth-order valence-electron chi connectivity index (χ4n) is 3.68. The normalized spacial score (nSPS) is 20.0. The van der Waals surface area contributed by atoms with E-state index in [4.69, 9.17) is 5.73 Å². The van der Waals surface area contributed by atoms with Gasteiger partial charge in [0.25, 0.3) is 5.91 Å². The van der Waals surface area contributed by atoms with Crippen molar-refractivity contribution in [2.45, 2.75) is 58.5 Å². The van der Waals surface area contributed by atoms with Gasteiger partial charge in [0.15, 0.2) is 0 Å². The van der Waals surface area contributed by atoms with E-state index in [1.165, 1.54) is 5.56 Å². The van der Waals surface area contributed by atoms with E-state index in [1.54, 1.807) is 0 Å². The van der Waals surface area contributed by atoms with Gasteiger partial charge in [-0.05, 0) is 70.2 Å². The first-order chi connectivity index (χ1) is 11.5. The Kier molecular flexibility index (Phi) is 6.31. The van der Waals surface area contributed by atoms with Crippen molar-refractivity contribution in [3.8, 4) is 5.69 Å². The second-order valence-electron chi connectivity index (χ2n) is 7.04. The molecule has 1 aromatic carbocycles. The van der Waals surface area contributed by atoms with E-state index in [2.05, 4.69) is 41.1 Å². The minimum absolute atomic E-state index is 0. The number of benzene rings is 1. The highest BCUT2D eigenvalue weighted by molar-refractivity contribution is 5.96. The number of nitrogens with one attached hydrogen (secondary N) is 1. The van der Waals surface area contributed by atoms with Crippen LogP contribution in [-0.2, 0) is 0 Å². The molecule has 1 heterocycles. The second kappa shape index (κ2) is 8.07. The zero-order chi connectivity index (χ0) is 17.3. The summed E-state index contributed by atoms with van der Waals surface area (Å²) in [5.41, 5.74) is 11.1. The third kappa shape index (κ3) is 4.25. The molecule has 3 rings (SSSR count). The molecule has 1 aliphatic rings. The summed E-state index contributed by atoms with van der Waals surface area (Å²) in [7, 11) is 0. The number of nitrogens with zero attached hydrogens (tertiary/aromatic N) is 1. The summed E-state index contributed by atoms with van der Waals surface area (Å²) in [5, 5.41) is 3.19. The Balaban J connectivity index is 0.00000225. The van der Waals surface area contributed by atoms with Crippen LogP contribution in [0.5, 0.6) is 0 Å². The van der Waals surface area contributed by atoms with Crippen LogP contribution in [0, 0.1) is 20.8 Å². The molecule has 1 saturated carbocycles. The van der Waals surface area contributed by atoms with E-state index in [0.717, 1.165) is 48.3 Å². The maximum atomic E-state index is 12.7. The van der Waals surface area contributed by atoms with Crippen molar-refractivity contribution in [2.24, 2.45) is 5.73 Å². The first-order valence-electron chi connectivity index (χ1n) is 8.78. The van der Waals surface area contributed by atoms with E-state index >= 15 is 0 Å². The van der Waals surface area contributed by atoms with Crippen LogP contribution >= 0.6 is 12.4 Å². The Morgan fingerprint density at radius 1 is 1.12 bits per heavy atom. The molecular formula is C20H28ClN3O. The van der Waals surface area contributed by atoms with Crippen molar-refractivity contribution in [1.82, 2.24) is 9.88 Å². The quantitative estimate of drug-likeness (QED) is 0.872. The van der Waals surface area contributed by atoms with Crippen LogP contribution < -0.4 is 11.1 Å². The molecule has 5 heteroatoms. The molecule has 0 saturated heterocycles. The van der Waals surface area contributed by atoms with Gasteiger partial charge in [-0.1, -0.05) is 12.1 Å². The van der Waals surface area contributed by atoms with Gasteiger partial charge < -0.3 is 15.6 Å². The van der Waals surface area contributed by atoms with Crippen molar-refractivity contribution in [3.05, 3.63) is 52.8 Å².